The summed E-state index contributed by atoms with van der Waals surface area (Å²) in [5, 5.41) is 4.54. The van der Waals surface area contributed by atoms with Gasteiger partial charge in [0.2, 0.25) is 0 Å². The molecular weight excluding hydrogens is 278 g/mol. The molecule has 1 aromatic carbocycles. The Morgan fingerprint density at radius 3 is 2.90 bits per heavy atom. The van der Waals surface area contributed by atoms with E-state index in [4.69, 9.17) is 22.9 Å². The van der Waals surface area contributed by atoms with Gasteiger partial charge in [0, 0.05) is 11.9 Å². The zero-order valence-electron chi connectivity index (χ0n) is 12.3. The number of thiocarbonyl (C=S) groups is 1. The number of benzene rings is 1. The number of para-hydroxylation sites is 1. The molecule has 3 nitrogen and oxygen atoms in total. The van der Waals surface area contributed by atoms with Crippen LogP contribution in [-0.2, 0) is 0 Å². The number of nitrogens with zero attached hydrogens (tertiary/aromatic N) is 1. The van der Waals surface area contributed by atoms with E-state index in [0.717, 1.165) is 40.7 Å². The van der Waals surface area contributed by atoms with Crippen LogP contribution in [0.15, 0.2) is 30.3 Å². The van der Waals surface area contributed by atoms with E-state index in [0.29, 0.717) is 4.99 Å². The van der Waals surface area contributed by atoms with Crippen molar-refractivity contribution >= 4 is 33.9 Å². The topological polar surface area (TPSA) is 50.9 Å². The molecule has 2 unspecified atom stereocenters. The lowest BCUT2D eigenvalue weighted by molar-refractivity contribution is 0.536. The predicted molar refractivity (Wildman–Crippen MR) is 92.6 cm³/mol. The summed E-state index contributed by atoms with van der Waals surface area (Å²) >= 11 is 5.18. The predicted octanol–water partition coefficient (Wildman–Crippen LogP) is 3.72. The lowest BCUT2D eigenvalue weighted by atomic mass is 10.1. The average Bonchev–Trinajstić information content (AvgIpc) is 2.89. The van der Waals surface area contributed by atoms with E-state index in [-0.39, 0.29) is 0 Å². The SMILES string of the molecule is CC1CCC(CNc2nc3ccccc3cc2C(N)=S)C1. The quantitative estimate of drug-likeness (QED) is 0.845. The lowest BCUT2D eigenvalue weighted by Gasteiger charge is -2.15. The molecule has 2 atom stereocenters. The van der Waals surface area contributed by atoms with Gasteiger partial charge in [0.15, 0.2) is 0 Å². The number of pyridine rings is 1. The van der Waals surface area contributed by atoms with Crippen LogP contribution in [0, 0.1) is 11.8 Å². The third kappa shape index (κ3) is 3.16. The summed E-state index contributed by atoms with van der Waals surface area (Å²) in [6.07, 6.45) is 3.92. The van der Waals surface area contributed by atoms with Gasteiger partial charge >= 0.3 is 0 Å². The van der Waals surface area contributed by atoms with Crippen molar-refractivity contribution in [2.75, 3.05) is 11.9 Å². The molecule has 0 spiro atoms. The largest absolute Gasteiger partial charge is 0.389 e. The Labute approximate surface area is 130 Å². The summed E-state index contributed by atoms with van der Waals surface area (Å²) in [4.78, 5) is 5.10. The third-order valence-corrected chi connectivity index (χ3v) is 4.57. The number of hydrogen-bond donors (Lipinski definition) is 2. The zero-order valence-corrected chi connectivity index (χ0v) is 13.1. The van der Waals surface area contributed by atoms with E-state index in [9.17, 15) is 0 Å². The van der Waals surface area contributed by atoms with Crippen molar-refractivity contribution in [2.24, 2.45) is 17.6 Å². The van der Waals surface area contributed by atoms with Crippen LogP contribution < -0.4 is 11.1 Å². The minimum Gasteiger partial charge on any atom is -0.389 e. The van der Waals surface area contributed by atoms with Gasteiger partial charge in [-0.2, -0.15) is 0 Å². The maximum Gasteiger partial charge on any atom is 0.136 e. The van der Waals surface area contributed by atoms with Gasteiger partial charge in [-0.1, -0.05) is 43.8 Å². The molecule has 110 valence electrons. The van der Waals surface area contributed by atoms with E-state index in [1.165, 1.54) is 19.3 Å². The molecule has 0 radical (unpaired) electrons. The number of aromatic nitrogens is 1. The first-order chi connectivity index (χ1) is 10.1. The van der Waals surface area contributed by atoms with Crippen LogP contribution in [0.3, 0.4) is 0 Å². The van der Waals surface area contributed by atoms with Crippen LogP contribution in [0.1, 0.15) is 31.7 Å². The summed E-state index contributed by atoms with van der Waals surface area (Å²) in [7, 11) is 0. The number of fused-ring (bicyclic) bond motifs is 1. The second-order valence-corrected chi connectivity index (χ2v) is 6.55. The molecule has 0 bridgehead atoms. The number of nitrogens with one attached hydrogen (secondary N) is 1. The van der Waals surface area contributed by atoms with Gasteiger partial charge in [0.25, 0.3) is 0 Å². The molecule has 1 fully saturated rings. The van der Waals surface area contributed by atoms with Crippen LogP contribution >= 0.6 is 12.2 Å². The smallest absolute Gasteiger partial charge is 0.136 e. The normalized spacial score (nSPS) is 21.6. The molecule has 21 heavy (non-hydrogen) atoms. The summed E-state index contributed by atoms with van der Waals surface area (Å²) in [6, 6.07) is 10.1. The van der Waals surface area contributed by atoms with Gasteiger partial charge in [0.1, 0.15) is 10.8 Å². The minimum absolute atomic E-state index is 0.399. The highest BCUT2D eigenvalue weighted by Crippen LogP contribution is 2.30. The van der Waals surface area contributed by atoms with Crippen LogP contribution in [0.4, 0.5) is 5.82 Å². The number of nitrogens with two attached hydrogens (primary N) is 1. The Hall–Kier alpha value is -1.68. The first-order valence-corrected chi connectivity index (χ1v) is 7.98. The summed E-state index contributed by atoms with van der Waals surface area (Å²) < 4.78 is 0. The molecule has 3 rings (SSSR count). The van der Waals surface area contributed by atoms with Crippen LogP contribution in [-0.4, -0.2) is 16.5 Å². The van der Waals surface area contributed by atoms with Gasteiger partial charge in [0.05, 0.1) is 11.1 Å². The maximum absolute atomic E-state index is 5.86. The second-order valence-electron chi connectivity index (χ2n) is 6.11. The third-order valence-electron chi connectivity index (χ3n) is 4.35. The van der Waals surface area contributed by atoms with Gasteiger partial charge in [-0.25, -0.2) is 4.98 Å². The Balaban J connectivity index is 1.85. The first kappa shape index (κ1) is 14.3. The van der Waals surface area contributed by atoms with E-state index < -0.39 is 0 Å². The van der Waals surface area contributed by atoms with E-state index in [1.54, 1.807) is 0 Å². The Morgan fingerprint density at radius 1 is 1.38 bits per heavy atom. The van der Waals surface area contributed by atoms with Crippen molar-refractivity contribution in [3.05, 3.63) is 35.9 Å². The van der Waals surface area contributed by atoms with Crippen molar-refractivity contribution < 1.29 is 0 Å². The molecule has 3 N–H and O–H groups in total. The molecule has 1 aliphatic rings. The fourth-order valence-electron chi connectivity index (χ4n) is 3.19. The van der Waals surface area contributed by atoms with Crippen LogP contribution in [0.2, 0.25) is 0 Å². The van der Waals surface area contributed by atoms with Crippen LogP contribution in [0.5, 0.6) is 0 Å². The zero-order chi connectivity index (χ0) is 14.8. The van der Waals surface area contributed by atoms with Crippen LogP contribution in [0.25, 0.3) is 10.9 Å². The molecule has 0 amide bonds. The maximum atomic E-state index is 5.86. The number of anilines is 1. The van der Waals surface area contributed by atoms with Gasteiger partial charge < -0.3 is 11.1 Å². The molecule has 1 heterocycles. The second kappa shape index (κ2) is 5.98. The standard InChI is InChI=1S/C17H21N3S/c1-11-6-7-12(8-11)10-19-17-14(16(18)21)9-13-4-2-3-5-15(13)20-17/h2-5,9,11-12H,6-8,10H2,1H3,(H2,18,21)(H,19,20). The van der Waals surface area contributed by atoms with E-state index in [1.807, 2.05) is 30.3 Å². The minimum atomic E-state index is 0.399. The van der Waals surface area contributed by atoms with E-state index in [2.05, 4.69) is 12.2 Å². The highest BCUT2D eigenvalue weighted by atomic mass is 32.1. The van der Waals surface area contributed by atoms with Gasteiger partial charge in [-0.15, -0.1) is 0 Å². The van der Waals surface area contributed by atoms with Crippen molar-refractivity contribution in [3.8, 4) is 0 Å². The molecule has 4 heteroatoms. The number of hydrogen-bond acceptors (Lipinski definition) is 3. The molecule has 0 aliphatic heterocycles. The highest BCUT2D eigenvalue weighted by molar-refractivity contribution is 7.80. The number of rotatable bonds is 4. The molecule has 1 saturated carbocycles. The van der Waals surface area contributed by atoms with Gasteiger partial charge in [-0.3, -0.25) is 0 Å². The van der Waals surface area contributed by atoms with E-state index >= 15 is 0 Å². The Kier molecular flexibility index (Phi) is 4.06. The summed E-state index contributed by atoms with van der Waals surface area (Å²) in [5.74, 6) is 2.39. The Morgan fingerprint density at radius 2 is 2.19 bits per heavy atom. The van der Waals surface area contributed by atoms with Crippen molar-refractivity contribution in [3.63, 3.8) is 0 Å². The molecule has 1 aromatic heterocycles. The fraction of sp³-hybridized carbons (Fsp3) is 0.412. The fourth-order valence-corrected chi connectivity index (χ4v) is 3.35. The highest BCUT2D eigenvalue weighted by Gasteiger charge is 2.21. The monoisotopic (exact) mass is 299 g/mol. The summed E-state index contributed by atoms with van der Waals surface area (Å²) in [6.45, 7) is 3.28. The summed E-state index contributed by atoms with van der Waals surface area (Å²) in [5.41, 5.74) is 7.68. The van der Waals surface area contributed by atoms with Crippen molar-refractivity contribution in [1.82, 2.24) is 4.98 Å². The molecule has 0 saturated heterocycles. The van der Waals surface area contributed by atoms with Crippen molar-refractivity contribution in [1.29, 1.82) is 0 Å². The lowest BCUT2D eigenvalue weighted by Crippen LogP contribution is -2.18. The molecular formula is C17H21N3S. The first-order valence-electron chi connectivity index (χ1n) is 7.57. The molecule has 2 aromatic rings. The average molecular weight is 299 g/mol. The Bertz CT molecular complexity index is 668. The van der Waals surface area contributed by atoms with Gasteiger partial charge in [-0.05, 0) is 36.8 Å². The van der Waals surface area contributed by atoms with Crippen molar-refractivity contribution in [2.45, 2.75) is 26.2 Å². The molecule has 1 aliphatic carbocycles.